The van der Waals surface area contributed by atoms with Gasteiger partial charge in [-0.3, -0.25) is 4.79 Å². The summed E-state index contributed by atoms with van der Waals surface area (Å²) in [6.07, 6.45) is -3.59. The molecule has 0 unspecified atom stereocenters. The number of nitrogens with one attached hydrogen (secondary N) is 1. The number of benzene rings is 3. The fourth-order valence-corrected chi connectivity index (χ4v) is 5.27. The maximum Gasteiger partial charge on any atom is 0.573 e. The number of rotatable bonds is 8. The molecule has 0 aliphatic heterocycles. The quantitative estimate of drug-likeness (QED) is 0.174. The van der Waals surface area contributed by atoms with E-state index >= 15 is 0 Å². The van der Waals surface area contributed by atoms with Crippen LogP contribution in [0, 0.1) is 0 Å². The smallest absolute Gasteiger partial charge is 0.439 e. The molecule has 1 N–H and O–H groups in total. The molecule has 9 nitrogen and oxygen atoms in total. The average molecular weight is 685 g/mol. The van der Waals surface area contributed by atoms with E-state index in [4.69, 9.17) is 44.1 Å². The molecule has 0 radical (unpaired) electrons. The van der Waals surface area contributed by atoms with Gasteiger partial charge in [0.25, 0.3) is 15.9 Å². The van der Waals surface area contributed by atoms with E-state index in [2.05, 4.69) is 14.9 Å². The van der Waals surface area contributed by atoms with Crippen LogP contribution in [0.5, 0.6) is 17.4 Å². The first-order valence-corrected chi connectivity index (χ1v) is 14.7. The van der Waals surface area contributed by atoms with Crippen molar-refractivity contribution in [2.45, 2.75) is 11.3 Å². The number of amides is 1. The lowest BCUT2D eigenvalue weighted by Crippen LogP contribution is -2.31. The summed E-state index contributed by atoms with van der Waals surface area (Å²) < 4.78 is 80.0. The van der Waals surface area contributed by atoms with Gasteiger partial charge in [-0.05, 0) is 66.2 Å². The van der Waals surface area contributed by atoms with Crippen LogP contribution in [-0.2, 0) is 10.0 Å². The van der Waals surface area contributed by atoms with E-state index in [1.807, 2.05) is 4.72 Å². The van der Waals surface area contributed by atoms with Gasteiger partial charge in [0.15, 0.2) is 11.5 Å². The Labute approximate surface area is 262 Å². The number of alkyl halides is 3. The van der Waals surface area contributed by atoms with Crippen molar-refractivity contribution in [2.24, 2.45) is 0 Å². The van der Waals surface area contributed by atoms with Gasteiger partial charge in [0.1, 0.15) is 11.5 Å². The topological polar surface area (TPSA) is 121 Å². The van der Waals surface area contributed by atoms with Crippen molar-refractivity contribution < 1.29 is 40.4 Å². The zero-order valence-corrected chi connectivity index (χ0v) is 24.7. The highest BCUT2D eigenvalue weighted by Gasteiger charge is 2.32. The van der Waals surface area contributed by atoms with E-state index in [1.165, 1.54) is 30.5 Å². The zero-order chi connectivity index (χ0) is 31.6. The van der Waals surface area contributed by atoms with Crippen LogP contribution >= 0.6 is 34.8 Å². The Bertz CT molecular complexity index is 1950. The van der Waals surface area contributed by atoms with E-state index < -0.39 is 38.6 Å². The van der Waals surface area contributed by atoms with Crippen molar-refractivity contribution in [1.82, 2.24) is 14.9 Å². The first kappa shape index (κ1) is 31.1. The van der Waals surface area contributed by atoms with Crippen molar-refractivity contribution >= 4 is 50.7 Å². The molecular weight excluding hydrogens is 670 g/mol. The van der Waals surface area contributed by atoms with Crippen LogP contribution < -0.4 is 14.2 Å². The lowest BCUT2D eigenvalue weighted by atomic mass is 10.00. The molecule has 2 heterocycles. The van der Waals surface area contributed by atoms with Gasteiger partial charge >= 0.3 is 6.36 Å². The third kappa shape index (κ3) is 7.25. The van der Waals surface area contributed by atoms with Gasteiger partial charge in [0.05, 0.1) is 20.5 Å². The fourth-order valence-electron chi connectivity index (χ4n) is 3.84. The summed E-state index contributed by atoms with van der Waals surface area (Å²) in [7, 11) is -4.58. The lowest BCUT2D eigenvalue weighted by Gasteiger charge is -2.10. The van der Waals surface area contributed by atoms with Crippen molar-refractivity contribution in [3.8, 4) is 39.8 Å². The molecular formula is C28H15Cl3F3N3O6S. The van der Waals surface area contributed by atoms with Crippen molar-refractivity contribution in [2.75, 3.05) is 0 Å². The Morgan fingerprint density at radius 3 is 2.23 bits per heavy atom. The van der Waals surface area contributed by atoms with Crippen LogP contribution in [0.2, 0.25) is 15.1 Å². The van der Waals surface area contributed by atoms with E-state index in [9.17, 15) is 26.4 Å². The third-order valence-corrected chi connectivity index (χ3v) is 8.05. The van der Waals surface area contributed by atoms with Crippen molar-refractivity contribution in [3.05, 3.63) is 106 Å². The highest BCUT2D eigenvalue weighted by atomic mass is 35.5. The molecule has 0 atom stereocenters. The number of halogens is 6. The summed E-state index contributed by atoms with van der Waals surface area (Å²) in [5.41, 5.74) is 0.235. The summed E-state index contributed by atoms with van der Waals surface area (Å²) in [6, 6.07) is 17.4. The monoisotopic (exact) mass is 683 g/mol. The third-order valence-electron chi connectivity index (χ3n) is 5.73. The number of hydrogen-bond acceptors (Lipinski definition) is 8. The Kier molecular flexibility index (Phi) is 8.75. The number of nitrogens with zero attached hydrogens (tertiary/aromatic N) is 2. The van der Waals surface area contributed by atoms with Gasteiger partial charge < -0.3 is 14.0 Å². The van der Waals surface area contributed by atoms with E-state index in [1.54, 1.807) is 30.3 Å². The summed E-state index contributed by atoms with van der Waals surface area (Å²) >= 11 is 18.3. The lowest BCUT2D eigenvalue weighted by molar-refractivity contribution is -0.274. The van der Waals surface area contributed by atoms with Gasteiger partial charge in [-0.15, -0.1) is 13.2 Å². The van der Waals surface area contributed by atoms with Gasteiger partial charge in [-0.1, -0.05) is 52.1 Å². The van der Waals surface area contributed by atoms with Crippen LogP contribution in [0.25, 0.3) is 22.5 Å². The Balaban J connectivity index is 1.47. The number of sulfonamides is 1. The molecule has 0 fully saturated rings. The van der Waals surface area contributed by atoms with Crippen LogP contribution in [-0.4, -0.2) is 30.8 Å². The predicted octanol–water partition coefficient (Wildman–Crippen LogP) is 8.17. The molecule has 0 bridgehead atoms. The molecule has 16 heteroatoms. The van der Waals surface area contributed by atoms with Crippen molar-refractivity contribution in [1.29, 1.82) is 0 Å². The molecule has 0 saturated carbocycles. The largest absolute Gasteiger partial charge is 0.573 e. The Hall–Kier alpha value is -4.30. The zero-order valence-electron chi connectivity index (χ0n) is 21.6. The van der Waals surface area contributed by atoms with E-state index in [0.29, 0.717) is 21.9 Å². The number of carbonyl (C=O) groups excluding carboxylic acids is 1. The van der Waals surface area contributed by atoms with E-state index in [0.717, 1.165) is 24.3 Å². The summed E-state index contributed by atoms with van der Waals surface area (Å²) in [6.45, 7) is 0. The number of pyridine rings is 1. The molecule has 0 aliphatic carbocycles. The SMILES string of the molecule is O=C(NS(=O)(=O)c1ccc(OC(F)(F)F)cc1)c1noc(-c2ccc(Oc3cccc(Cl)c3)nc2)c1-c1ccc(Cl)c(Cl)c1. The number of aromatic nitrogens is 2. The minimum Gasteiger partial charge on any atom is -0.439 e. The van der Waals surface area contributed by atoms with Gasteiger partial charge in [-0.25, -0.2) is 18.1 Å². The van der Waals surface area contributed by atoms with Crippen LogP contribution in [0.4, 0.5) is 13.2 Å². The normalized spacial score (nSPS) is 11.7. The molecule has 3 aromatic carbocycles. The Morgan fingerprint density at radius 1 is 0.864 bits per heavy atom. The molecule has 0 spiro atoms. The molecule has 0 aliphatic rings. The minimum atomic E-state index is -4.97. The second-order valence-electron chi connectivity index (χ2n) is 8.76. The van der Waals surface area contributed by atoms with Gasteiger partial charge in [-0.2, -0.15) is 0 Å². The fraction of sp³-hybridized carbons (Fsp3) is 0.0357. The molecule has 44 heavy (non-hydrogen) atoms. The summed E-state index contributed by atoms with van der Waals surface area (Å²) in [5.74, 6) is -1.17. The Morgan fingerprint density at radius 2 is 1.59 bits per heavy atom. The van der Waals surface area contributed by atoms with Gasteiger partial charge in [0.2, 0.25) is 5.88 Å². The van der Waals surface area contributed by atoms with Gasteiger partial charge in [0, 0.05) is 22.8 Å². The maximum absolute atomic E-state index is 13.3. The second-order valence-corrected chi connectivity index (χ2v) is 11.7. The highest BCUT2D eigenvalue weighted by Crippen LogP contribution is 2.38. The maximum atomic E-state index is 13.3. The summed E-state index contributed by atoms with van der Waals surface area (Å²) in [5, 5.41) is 4.61. The molecule has 5 aromatic rings. The van der Waals surface area contributed by atoms with Crippen molar-refractivity contribution in [3.63, 3.8) is 0 Å². The first-order chi connectivity index (χ1) is 20.8. The molecule has 5 rings (SSSR count). The molecule has 0 saturated heterocycles. The predicted molar refractivity (Wildman–Crippen MR) is 154 cm³/mol. The second kappa shape index (κ2) is 12.4. The average Bonchev–Trinajstić information content (AvgIpc) is 3.40. The van der Waals surface area contributed by atoms with E-state index in [-0.39, 0.29) is 27.2 Å². The molecule has 226 valence electrons. The summed E-state index contributed by atoms with van der Waals surface area (Å²) in [4.78, 5) is 17.0. The first-order valence-electron chi connectivity index (χ1n) is 12.1. The standard InChI is InChI=1S/C28H15Cl3F3N3O6S/c29-17-2-1-3-19(13-17)41-23-11-5-16(14-35-23)26-24(15-4-10-21(30)22(31)12-15)25(36-43-26)27(38)37-44(39,40)20-8-6-18(7-9-20)42-28(32,33)34/h1-14H,(H,37,38). The van der Waals surface area contributed by atoms with Crippen LogP contribution in [0.3, 0.4) is 0 Å². The highest BCUT2D eigenvalue weighted by molar-refractivity contribution is 7.90. The minimum absolute atomic E-state index is 0.0291. The van der Waals surface area contributed by atoms with Crippen LogP contribution in [0.1, 0.15) is 10.5 Å². The molecule has 1 amide bonds. The number of ether oxygens (including phenoxy) is 2. The molecule has 2 aromatic heterocycles. The number of hydrogen-bond donors (Lipinski definition) is 1. The number of carbonyl (C=O) groups is 1. The van der Waals surface area contributed by atoms with Crippen LogP contribution in [0.15, 0.2) is 94.5 Å².